The minimum Gasteiger partial charge on any atom is -0.198 e. The van der Waals surface area contributed by atoms with Gasteiger partial charge in [-0.15, -0.1) is 11.8 Å². The number of nitriles is 1. The van der Waals surface area contributed by atoms with Crippen LogP contribution in [0.3, 0.4) is 0 Å². The van der Waals surface area contributed by atoms with Crippen LogP contribution in [0.1, 0.15) is 19.3 Å². The van der Waals surface area contributed by atoms with Crippen molar-refractivity contribution in [1.29, 1.82) is 5.26 Å². The number of nitrogens with zero attached hydrogens (tertiary/aromatic N) is 1. The topological polar surface area (TPSA) is 23.8 Å². The molecule has 78 valence electrons. The molecule has 0 aromatic heterocycles. The average Bonchev–Trinajstić information content (AvgIpc) is 2.97. The number of hydrogen-bond acceptors (Lipinski definition) is 2. The molecule has 1 saturated carbocycles. The molecule has 1 nitrogen and oxygen atoms in total. The highest BCUT2D eigenvalue weighted by Crippen LogP contribution is 2.51. The van der Waals surface area contributed by atoms with Crippen molar-refractivity contribution in [2.75, 3.05) is 5.75 Å². The van der Waals surface area contributed by atoms with Crippen LogP contribution in [-0.4, -0.2) is 5.75 Å². The van der Waals surface area contributed by atoms with Crippen molar-refractivity contribution in [3.05, 3.63) is 28.7 Å². The van der Waals surface area contributed by atoms with E-state index in [9.17, 15) is 0 Å². The minimum atomic E-state index is 0.335. The molecule has 0 saturated heterocycles. The lowest BCUT2D eigenvalue weighted by Crippen LogP contribution is -2.02. The van der Waals surface area contributed by atoms with E-state index in [1.54, 1.807) is 0 Å². The van der Waals surface area contributed by atoms with Crippen molar-refractivity contribution >= 4 is 27.7 Å². The van der Waals surface area contributed by atoms with Gasteiger partial charge in [-0.2, -0.15) is 5.26 Å². The molecular weight excluding hydrogens is 270 g/mol. The molecule has 0 N–H and O–H groups in total. The third-order valence-electron chi connectivity index (χ3n) is 2.75. The Labute approximate surface area is 103 Å². The average molecular weight is 282 g/mol. The molecule has 0 aliphatic heterocycles. The summed E-state index contributed by atoms with van der Waals surface area (Å²) in [5, 5.41) is 8.72. The van der Waals surface area contributed by atoms with Gasteiger partial charge in [-0.05, 0) is 36.5 Å². The van der Waals surface area contributed by atoms with Crippen molar-refractivity contribution < 1.29 is 0 Å². The number of thioether (sulfide) groups is 1. The first-order valence-electron chi connectivity index (χ1n) is 4.99. The van der Waals surface area contributed by atoms with Crippen molar-refractivity contribution in [3.63, 3.8) is 0 Å². The van der Waals surface area contributed by atoms with Crippen molar-refractivity contribution in [1.82, 2.24) is 0 Å². The van der Waals surface area contributed by atoms with Crippen LogP contribution in [0.5, 0.6) is 0 Å². The summed E-state index contributed by atoms with van der Waals surface area (Å²) in [5.74, 6) is 1.08. The summed E-state index contributed by atoms with van der Waals surface area (Å²) >= 11 is 5.33. The normalized spacial score (nSPS) is 17.1. The lowest BCUT2D eigenvalue weighted by molar-refractivity contribution is 0.604. The van der Waals surface area contributed by atoms with E-state index in [-0.39, 0.29) is 0 Å². The smallest absolute Gasteiger partial charge is 0.0627 e. The molecule has 1 fully saturated rings. The van der Waals surface area contributed by atoms with Gasteiger partial charge in [0.05, 0.1) is 6.07 Å². The third-order valence-corrected chi connectivity index (χ3v) is 4.59. The highest BCUT2D eigenvalue weighted by atomic mass is 79.9. The Balaban J connectivity index is 1.91. The molecule has 0 spiro atoms. The number of benzene rings is 1. The van der Waals surface area contributed by atoms with E-state index in [0.717, 1.165) is 10.2 Å². The molecule has 0 heterocycles. The molecule has 1 aromatic carbocycles. The van der Waals surface area contributed by atoms with E-state index in [1.165, 1.54) is 17.7 Å². The predicted molar refractivity (Wildman–Crippen MR) is 66.8 cm³/mol. The summed E-state index contributed by atoms with van der Waals surface area (Å²) in [6.07, 6.45) is 3.16. The Bertz CT molecular complexity index is 393. The summed E-state index contributed by atoms with van der Waals surface area (Å²) in [6.45, 7) is 0. The molecule has 0 amide bonds. The van der Waals surface area contributed by atoms with E-state index in [1.807, 2.05) is 17.8 Å². The Kier molecular flexibility index (Phi) is 3.38. The van der Waals surface area contributed by atoms with Crippen LogP contribution in [0.25, 0.3) is 0 Å². The van der Waals surface area contributed by atoms with Gasteiger partial charge in [0.2, 0.25) is 0 Å². The molecule has 0 unspecified atom stereocenters. The zero-order chi connectivity index (χ0) is 10.7. The monoisotopic (exact) mass is 281 g/mol. The maximum Gasteiger partial charge on any atom is 0.0627 e. The standard InChI is InChI=1S/C12H12BrNS/c13-10-2-1-3-11(8-10)15-9-12(4-5-12)6-7-14/h1-3,8H,4-6,9H2. The maximum atomic E-state index is 8.72. The minimum absolute atomic E-state index is 0.335. The van der Waals surface area contributed by atoms with E-state index >= 15 is 0 Å². The van der Waals surface area contributed by atoms with Crippen LogP contribution in [0, 0.1) is 16.7 Å². The van der Waals surface area contributed by atoms with Crippen LogP contribution in [0.4, 0.5) is 0 Å². The first-order valence-corrected chi connectivity index (χ1v) is 6.77. The van der Waals surface area contributed by atoms with Gasteiger partial charge in [0, 0.05) is 21.5 Å². The van der Waals surface area contributed by atoms with Crippen molar-refractivity contribution in [3.8, 4) is 6.07 Å². The van der Waals surface area contributed by atoms with Gasteiger partial charge in [-0.3, -0.25) is 0 Å². The molecule has 0 bridgehead atoms. The molecule has 2 rings (SSSR count). The summed E-state index contributed by atoms with van der Waals surface area (Å²) < 4.78 is 1.12. The van der Waals surface area contributed by atoms with E-state index < -0.39 is 0 Å². The first-order chi connectivity index (χ1) is 7.24. The molecule has 0 radical (unpaired) electrons. The third kappa shape index (κ3) is 2.99. The fraction of sp³-hybridized carbons (Fsp3) is 0.417. The predicted octanol–water partition coefficient (Wildman–Crippen LogP) is 4.24. The van der Waals surface area contributed by atoms with E-state index in [4.69, 9.17) is 5.26 Å². The molecule has 1 aliphatic rings. The van der Waals surface area contributed by atoms with Gasteiger partial charge in [0.1, 0.15) is 0 Å². The highest BCUT2D eigenvalue weighted by Gasteiger charge is 2.42. The second-order valence-electron chi connectivity index (χ2n) is 4.08. The lowest BCUT2D eigenvalue weighted by Gasteiger charge is -2.09. The van der Waals surface area contributed by atoms with Gasteiger partial charge in [-0.1, -0.05) is 22.0 Å². The van der Waals surface area contributed by atoms with Crippen LogP contribution >= 0.6 is 27.7 Å². The van der Waals surface area contributed by atoms with Crippen molar-refractivity contribution in [2.45, 2.75) is 24.2 Å². The van der Waals surface area contributed by atoms with Crippen molar-refractivity contribution in [2.24, 2.45) is 5.41 Å². The van der Waals surface area contributed by atoms with Crippen LogP contribution < -0.4 is 0 Å². The van der Waals surface area contributed by atoms with Gasteiger partial charge >= 0.3 is 0 Å². The molecule has 1 aromatic rings. The lowest BCUT2D eigenvalue weighted by atomic mass is 10.1. The fourth-order valence-electron chi connectivity index (χ4n) is 1.51. The molecule has 1 aliphatic carbocycles. The first kappa shape index (κ1) is 11.0. The van der Waals surface area contributed by atoms with Crippen LogP contribution in [0.15, 0.2) is 33.6 Å². The fourth-order valence-corrected chi connectivity index (χ4v) is 3.31. The Morgan fingerprint density at radius 3 is 2.87 bits per heavy atom. The zero-order valence-corrected chi connectivity index (χ0v) is 10.8. The second-order valence-corrected chi connectivity index (χ2v) is 6.05. The summed E-state index contributed by atoms with van der Waals surface area (Å²) in [6, 6.07) is 10.6. The number of hydrogen-bond donors (Lipinski definition) is 0. The molecule has 0 atom stereocenters. The highest BCUT2D eigenvalue weighted by molar-refractivity contribution is 9.10. The number of rotatable bonds is 4. The van der Waals surface area contributed by atoms with Crippen LogP contribution in [-0.2, 0) is 0 Å². The quantitative estimate of drug-likeness (QED) is 0.771. The van der Waals surface area contributed by atoms with E-state index in [2.05, 4.69) is 40.2 Å². The molecule has 3 heteroatoms. The van der Waals surface area contributed by atoms with Gasteiger partial charge < -0.3 is 0 Å². The second kappa shape index (κ2) is 4.59. The summed E-state index contributed by atoms with van der Waals surface area (Å²) in [7, 11) is 0. The molecular formula is C12H12BrNS. The molecule has 15 heavy (non-hydrogen) atoms. The van der Waals surface area contributed by atoms with E-state index in [0.29, 0.717) is 11.8 Å². The SMILES string of the molecule is N#CCC1(CSc2cccc(Br)c2)CC1. The Morgan fingerprint density at radius 1 is 1.47 bits per heavy atom. The largest absolute Gasteiger partial charge is 0.198 e. The summed E-state index contributed by atoms with van der Waals surface area (Å²) in [5.41, 5.74) is 0.335. The summed E-state index contributed by atoms with van der Waals surface area (Å²) in [4.78, 5) is 1.29. The Morgan fingerprint density at radius 2 is 2.27 bits per heavy atom. The van der Waals surface area contributed by atoms with Gasteiger partial charge in [0.15, 0.2) is 0 Å². The number of halogens is 1. The van der Waals surface area contributed by atoms with Gasteiger partial charge in [0.25, 0.3) is 0 Å². The van der Waals surface area contributed by atoms with Gasteiger partial charge in [-0.25, -0.2) is 0 Å². The van der Waals surface area contributed by atoms with Crippen LogP contribution in [0.2, 0.25) is 0 Å². The Hall–Kier alpha value is -0.460. The maximum absolute atomic E-state index is 8.72. The zero-order valence-electron chi connectivity index (χ0n) is 8.37.